The molecule has 0 unspecified atom stereocenters. The van der Waals surface area contributed by atoms with E-state index in [2.05, 4.69) is 15.5 Å². The Morgan fingerprint density at radius 3 is 2.58 bits per heavy atom. The zero-order valence-electron chi connectivity index (χ0n) is 13.0. The molecule has 1 amide bonds. The Morgan fingerprint density at radius 2 is 1.88 bits per heavy atom. The first-order chi connectivity index (χ1) is 11.6. The zero-order valence-corrected chi connectivity index (χ0v) is 14.6. The highest BCUT2D eigenvalue weighted by Gasteiger charge is 2.12. The molecule has 0 radical (unpaired) electrons. The first-order valence-electron chi connectivity index (χ1n) is 7.39. The van der Waals surface area contributed by atoms with E-state index in [0.29, 0.717) is 10.7 Å². The number of benzene rings is 1. The Kier molecular flexibility index (Phi) is 5.12. The van der Waals surface area contributed by atoms with E-state index in [1.807, 2.05) is 36.6 Å². The Bertz CT molecular complexity index is 839. The number of nitrogens with zero attached hydrogens (tertiary/aromatic N) is 2. The van der Waals surface area contributed by atoms with Crippen LogP contribution < -0.4 is 5.32 Å². The predicted molar refractivity (Wildman–Crippen MR) is 96.6 cm³/mol. The highest BCUT2D eigenvalue weighted by Crippen LogP contribution is 2.29. The van der Waals surface area contributed by atoms with E-state index in [4.69, 9.17) is 0 Å². The van der Waals surface area contributed by atoms with Gasteiger partial charge in [-0.05, 0) is 18.4 Å². The van der Waals surface area contributed by atoms with Gasteiger partial charge in [0.05, 0.1) is 4.88 Å². The van der Waals surface area contributed by atoms with Gasteiger partial charge >= 0.3 is 0 Å². The molecule has 1 aromatic carbocycles. The van der Waals surface area contributed by atoms with E-state index in [9.17, 15) is 9.59 Å². The number of aromatic nitrogens is 2. The van der Waals surface area contributed by atoms with E-state index >= 15 is 0 Å². The summed E-state index contributed by atoms with van der Waals surface area (Å²) in [6.07, 6.45) is 0.298. The summed E-state index contributed by atoms with van der Waals surface area (Å²) in [5, 5.41) is 13.9. The van der Waals surface area contributed by atoms with E-state index < -0.39 is 0 Å². The van der Waals surface area contributed by atoms with Crippen LogP contribution in [-0.2, 0) is 4.79 Å². The van der Waals surface area contributed by atoms with E-state index in [0.717, 1.165) is 15.4 Å². The molecule has 0 fully saturated rings. The molecular formula is C17H15N3O2S2. The van der Waals surface area contributed by atoms with E-state index in [1.165, 1.54) is 11.3 Å². The zero-order chi connectivity index (χ0) is 16.9. The van der Waals surface area contributed by atoms with Gasteiger partial charge in [0.2, 0.25) is 11.0 Å². The lowest BCUT2D eigenvalue weighted by atomic mass is 10.1. The first-order valence-corrected chi connectivity index (χ1v) is 9.08. The maximum Gasteiger partial charge on any atom is 0.226 e. The maximum atomic E-state index is 12.1. The Morgan fingerprint density at radius 1 is 1.08 bits per heavy atom. The lowest BCUT2D eigenvalue weighted by Gasteiger charge is -2.02. The molecule has 5 nitrogen and oxygen atoms in total. The summed E-state index contributed by atoms with van der Waals surface area (Å²) in [5.74, 6) is -0.272. The Balaban J connectivity index is 1.52. The summed E-state index contributed by atoms with van der Waals surface area (Å²) in [5.41, 5.74) is 1.73. The normalized spacial score (nSPS) is 10.5. The number of ketones is 1. The van der Waals surface area contributed by atoms with Crippen molar-refractivity contribution in [1.82, 2.24) is 10.2 Å². The van der Waals surface area contributed by atoms with Crippen LogP contribution in [0.1, 0.15) is 28.8 Å². The average Bonchev–Trinajstić information content (AvgIpc) is 3.24. The van der Waals surface area contributed by atoms with Gasteiger partial charge in [-0.2, -0.15) is 0 Å². The number of carbonyl (C=O) groups excluding carboxylic acids is 2. The van der Waals surface area contributed by atoms with E-state index in [1.54, 1.807) is 23.5 Å². The van der Waals surface area contributed by atoms with Crippen LogP contribution in [0.25, 0.3) is 9.88 Å². The van der Waals surface area contributed by atoms with Crippen molar-refractivity contribution < 1.29 is 9.59 Å². The summed E-state index contributed by atoms with van der Waals surface area (Å²) in [6.45, 7) is 1.97. The van der Waals surface area contributed by atoms with Gasteiger partial charge < -0.3 is 5.32 Å². The van der Waals surface area contributed by atoms with Gasteiger partial charge in [0.15, 0.2) is 10.8 Å². The first kappa shape index (κ1) is 16.5. The Hall–Kier alpha value is -2.38. The minimum Gasteiger partial charge on any atom is -0.301 e. The van der Waals surface area contributed by atoms with Crippen LogP contribution >= 0.6 is 22.7 Å². The quantitative estimate of drug-likeness (QED) is 0.672. The number of hydrogen-bond acceptors (Lipinski definition) is 6. The number of hydrogen-bond donors (Lipinski definition) is 1. The molecule has 0 bridgehead atoms. The van der Waals surface area contributed by atoms with Gasteiger partial charge in [-0.25, -0.2) is 0 Å². The fourth-order valence-corrected chi connectivity index (χ4v) is 3.62. The molecule has 0 aliphatic rings. The number of anilines is 1. The molecule has 0 saturated heterocycles. The summed E-state index contributed by atoms with van der Waals surface area (Å²) in [6, 6.07) is 11.2. The molecule has 7 heteroatoms. The fraction of sp³-hybridized carbons (Fsp3) is 0.176. The van der Waals surface area contributed by atoms with Gasteiger partial charge in [-0.15, -0.1) is 21.5 Å². The second kappa shape index (κ2) is 7.46. The molecule has 0 spiro atoms. The second-order valence-electron chi connectivity index (χ2n) is 5.23. The lowest BCUT2D eigenvalue weighted by Crippen LogP contribution is -2.13. The SMILES string of the molecule is Cc1ccc(C(=O)CCC(=O)Nc2nnc(-c3cccs3)s2)cc1. The van der Waals surface area contributed by atoms with Crippen molar-refractivity contribution >= 4 is 39.5 Å². The molecule has 0 aliphatic heterocycles. The number of aryl methyl sites for hydroxylation is 1. The van der Waals surface area contributed by atoms with Crippen molar-refractivity contribution in [3.8, 4) is 9.88 Å². The van der Waals surface area contributed by atoms with Crippen molar-refractivity contribution in [1.29, 1.82) is 0 Å². The van der Waals surface area contributed by atoms with Crippen LogP contribution in [0.4, 0.5) is 5.13 Å². The third-order valence-corrected chi connectivity index (χ3v) is 5.23. The smallest absolute Gasteiger partial charge is 0.226 e. The number of rotatable bonds is 6. The number of thiophene rings is 1. The van der Waals surface area contributed by atoms with Crippen molar-refractivity contribution in [3.05, 3.63) is 52.9 Å². The largest absolute Gasteiger partial charge is 0.301 e. The van der Waals surface area contributed by atoms with Gasteiger partial charge in [0.1, 0.15) is 0 Å². The molecule has 2 heterocycles. The molecule has 0 saturated carbocycles. The summed E-state index contributed by atoms with van der Waals surface area (Å²) in [7, 11) is 0. The second-order valence-corrected chi connectivity index (χ2v) is 7.15. The van der Waals surface area contributed by atoms with Crippen LogP contribution in [0.15, 0.2) is 41.8 Å². The highest BCUT2D eigenvalue weighted by atomic mass is 32.1. The molecule has 24 heavy (non-hydrogen) atoms. The third-order valence-electron chi connectivity index (χ3n) is 3.36. The molecule has 3 aromatic rings. The van der Waals surface area contributed by atoms with Crippen LogP contribution in [0.2, 0.25) is 0 Å². The van der Waals surface area contributed by atoms with Crippen LogP contribution in [0.3, 0.4) is 0 Å². The molecule has 122 valence electrons. The van der Waals surface area contributed by atoms with Crippen LogP contribution in [0, 0.1) is 6.92 Å². The summed E-state index contributed by atoms with van der Waals surface area (Å²) < 4.78 is 0. The number of nitrogens with one attached hydrogen (secondary N) is 1. The van der Waals surface area contributed by atoms with Crippen LogP contribution in [-0.4, -0.2) is 21.9 Å². The molecule has 0 atom stereocenters. The number of Topliss-reactive ketones (excluding diaryl/α,β-unsaturated/α-hetero) is 1. The van der Waals surface area contributed by atoms with Gasteiger partial charge in [0.25, 0.3) is 0 Å². The van der Waals surface area contributed by atoms with E-state index in [-0.39, 0.29) is 24.5 Å². The number of amides is 1. The minimum absolute atomic E-state index is 0.0401. The van der Waals surface area contributed by atoms with Crippen molar-refractivity contribution in [2.45, 2.75) is 19.8 Å². The standard InChI is InChI=1S/C17H15N3O2S2/c1-11-4-6-12(7-5-11)13(21)8-9-15(22)18-17-20-19-16(24-17)14-3-2-10-23-14/h2-7,10H,8-9H2,1H3,(H,18,20,22). The fourth-order valence-electron chi connectivity index (χ4n) is 2.07. The molecule has 1 N–H and O–H groups in total. The van der Waals surface area contributed by atoms with Crippen molar-refractivity contribution in [2.24, 2.45) is 0 Å². The maximum absolute atomic E-state index is 12.1. The topological polar surface area (TPSA) is 72.0 Å². The third kappa shape index (κ3) is 4.12. The molecule has 0 aliphatic carbocycles. The van der Waals surface area contributed by atoms with Crippen molar-refractivity contribution in [2.75, 3.05) is 5.32 Å². The molecule has 2 aromatic heterocycles. The summed E-state index contributed by atoms with van der Waals surface area (Å²) >= 11 is 2.89. The Labute approximate surface area is 147 Å². The van der Waals surface area contributed by atoms with Gasteiger partial charge in [-0.1, -0.05) is 47.2 Å². The predicted octanol–water partition coefficient (Wildman–Crippen LogP) is 4.18. The van der Waals surface area contributed by atoms with Gasteiger partial charge in [-0.3, -0.25) is 9.59 Å². The molecular weight excluding hydrogens is 342 g/mol. The highest BCUT2D eigenvalue weighted by molar-refractivity contribution is 7.23. The lowest BCUT2D eigenvalue weighted by molar-refractivity contribution is -0.116. The summed E-state index contributed by atoms with van der Waals surface area (Å²) in [4.78, 5) is 25.1. The van der Waals surface area contributed by atoms with Crippen LogP contribution in [0.5, 0.6) is 0 Å². The molecule has 3 rings (SSSR count). The average molecular weight is 357 g/mol. The minimum atomic E-state index is -0.232. The van der Waals surface area contributed by atoms with Gasteiger partial charge in [0, 0.05) is 18.4 Å². The number of carbonyl (C=O) groups is 2. The van der Waals surface area contributed by atoms with Crippen molar-refractivity contribution in [3.63, 3.8) is 0 Å². The monoisotopic (exact) mass is 357 g/mol.